The second-order valence-electron chi connectivity index (χ2n) is 6.82. The van der Waals surface area contributed by atoms with Gasteiger partial charge in [0, 0.05) is 33.4 Å². The number of nitrogens with zero attached hydrogens (tertiary/aromatic N) is 5. The van der Waals surface area contributed by atoms with E-state index in [0.29, 0.717) is 13.2 Å². The molecule has 0 aliphatic heterocycles. The Kier molecular flexibility index (Phi) is 6.04. The molecule has 2 aromatic rings. The maximum Gasteiger partial charge on any atom is 0.332 e. The molecule has 28 heavy (non-hydrogen) atoms. The zero-order valence-corrected chi connectivity index (χ0v) is 17.0. The van der Waals surface area contributed by atoms with Crippen LogP contribution in [-0.2, 0) is 30.2 Å². The number of hydrogen-bond acceptors (Lipinski definition) is 5. The van der Waals surface area contributed by atoms with E-state index < -0.39 is 11.2 Å². The standard InChI is InChI=1S/C18H24ClN5O4/c1-21-15-14(16(26)22(2)18(21)27)24(17(19)20-15)11-13(25)23(9-10-28-3)12-7-5-4-6-8-12/h7H,4-6,8-11H2,1-3H3. The lowest BCUT2D eigenvalue weighted by atomic mass is 10.0. The van der Waals surface area contributed by atoms with Crippen LogP contribution in [0.2, 0.25) is 5.28 Å². The van der Waals surface area contributed by atoms with Gasteiger partial charge in [0.2, 0.25) is 11.2 Å². The number of rotatable bonds is 6. The van der Waals surface area contributed by atoms with Gasteiger partial charge >= 0.3 is 5.69 Å². The van der Waals surface area contributed by atoms with Gasteiger partial charge in [-0.3, -0.25) is 23.3 Å². The molecule has 0 saturated carbocycles. The van der Waals surface area contributed by atoms with Crippen LogP contribution in [0.1, 0.15) is 25.7 Å². The summed E-state index contributed by atoms with van der Waals surface area (Å²) in [5.41, 5.74) is 0.220. The minimum absolute atomic E-state index is 0.00837. The molecule has 0 fully saturated rings. The smallest absolute Gasteiger partial charge is 0.332 e. The van der Waals surface area contributed by atoms with Crippen molar-refractivity contribution in [2.24, 2.45) is 14.1 Å². The molecular weight excluding hydrogens is 386 g/mol. The summed E-state index contributed by atoms with van der Waals surface area (Å²) in [6.07, 6.45) is 5.97. The molecule has 0 radical (unpaired) electrons. The summed E-state index contributed by atoms with van der Waals surface area (Å²) < 4.78 is 8.74. The molecule has 0 saturated heterocycles. The third-order valence-electron chi connectivity index (χ3n) is 5.03. The Balaban J connectivity index is 2.02. The number of amides is 1. The van der Waals surface area contributed by atoms with E-state index in [1.807, 2.05) is 0 Å². The fourth-order valence-corrected chi connectivity index (χ4v) is 3.69. The first-order valence-electron chi connectivity index (χ1n) is 9.17. The molecule has 0 atom stereocenters. The van der Waals surface area contributed by atoms with Crippen LogP contribution in [0.15, 0.2) is 21.4 Å². The Hall–Kier alpha value is -2.39. The highest BCUT2D eigenvalue weighted by Crippen LogP contribution is 2.22. The minimum Gasteiger partial charge on any atom is -0.383 e. The summed E-state index contributed by atoms with van der Waals surface area (Å²) >= 11 is 6.23. The van der Waals surface area contributed by atoms with E-state index in [4.69, 9.17) is 16.3 Å². The second-order valence-corrected chi connectivity index (χ2v) is 7.16. The molecule has 2 heterocycles. The van der Waals surface area contributed by atoms with Gasteiger partial charge in [0.05, 0.1) is 6.61 Å². The SMILES string of the molecule is COCCN(C(=O)Cn1c(Cl)nc2c1c(=O)n(C)c(=O)n2C)C1=CCCCC1. The van der Waals surface area contributed by atoms with Gasteiger partial charge in [-0.2, -0.15) is 4.98 Å². The number of carbonyl (C=O) groups is 1. The maximum absolute atomic E-state index is 13.1. The van der Waals surface area contributed by atoms with Gasteiger partial charge in [-0.1, -0.05) is 6.08 Å². The molecule has 1 aliphatic rings. The molecule has 0 aromatic carbocycles. The Bertz CT molecular complexity index is 1050. The first kappa shape index (κ1) is 20.3. The zero-order valence-electron chi connectivity index (χ0n) is 16.3. The molecule has 0 spiro atoms. The maximum atomic E-state index is 13.1. The summed E-state index contributed by atoms with van der Waals surface area (Å²) in [6.45, 7) is 0.670. The molecule has 0 N–H and O–H groups in total. The molecule has 0 bridgehead atoms. The first-order valence-corrected chi connectivity index (χ1v) is 9.54. The molecule has 0 unspecified atom stereocenters. The van der Waals surface area contributed by atoms with Crippen molar-refractivity contribution in [2.75, 3.05) is 20.3 Å². The average molecular weight is 410 g/mol. The number of hydrogen-bond donors (Lipinski definition) is 0. The fourth-order valence-electron chi connectivity index (χ4n) is 3.46. The van der Waals surface area contributed by atoms with Crippen molar-refractivity contribution in [1.29, 1.82) is 0 Å². The highest BCUT2D eigenvalue weighted by Gasteiger charge is 2.24. The number of carbonyl (C=O) groups excluding carboxylic acids is 1. The Morgan fingerprint density at radius 3 is 2.68 bits per heavy atom. The van der Waals surface area contributed by atoms with Gasteiger partial charge in [0.25, 0.3) is 5.56 Å². The molecule has 9 nitrogen and oxygen atoms in total. The van der Waals surface area contributed by atoms with Crippen LogP contribution in [0.25, 0.3) is 11.2 Å². The highest BCUT2D eigenvalue weighted by molar-refractivity contribution is 6.29. The number of aromatic nitrogens is 4. The molecule has 1 aliphatic carbocycles. The van der Waals surface area contributed by atoms with E-state index in [1.165, 1.54) is 23.2 Å². The van der Waals surface area contributed by atoms with E-state index in [2.05, 4.69) is 11.1 Å². The molecule has 3 rings (SSSR count). The number of methoxy groups -OCH3 is 1. The van der Waals surface area contributed by atoms with E-state index in [1.54, 1.807) is 12.0 Å². The van der Waals surface area contributed by atoms with Crippen LogP contribution in [0, 0.1) is 0 Å². The third kappa shape index (κ3) is 3.64. The third-order valence-corrected chi connectivity index (χ3v) is 5.32. The summed E-state index contributed by atoms with van der Waals surface area (Å²) in [5.74, 6) is -0.206. The van der Waals surface area contributed by atoms with Crippen LogP contribution >= 0.6 is 11.6 Å². The van der Waals surface area contributed by atoms with E-state index >= 15 is 0 Å². The van der Waals surface area contributed by atoms with Crippen molar-refractivity contribution in [3.05, 3.63) is 37.9 Å². The average Bonchev–Trinajstić information content (AvgIpc) is 3.02. The van der Waals surface area contributed by atoms with Crippen molar-refractivity contribution >= 4 is 28.7 Å². The molecule has 2 aromatic heterocycles. The normalized spacial score (nSPS) is 14.4. The van der Waals surface area contributed by atoms with Gasteiger partial charge in [-0.05, 0) is 37.3 Å². The summed E-state index contributed by atoms with van der Waals surface area (Å²) in [4.78, 5) is 43.7. The van der Waals surface area contributed by atoms with E-state index in [-0.39, 0.29) is 28.9 Å². The van der Waals surface area contributed by atoms with Crippen molar-refractivity contribution in [2.45, 2.75) is 32.2 Å². The van der Waals surface area contributed by atoms with Crippen LogP contribution < -0.4 is 11.2 Å². The van der Waals surface area contributed by atoms with Crippen LogP contribution in [0.5, 0.6) is 0 Å². The number of halogens is 1. The minimum atomic E-state index is -0.536. The summed E-state index contributed by atoms with van der Waals surface area (Å²) in [7, 11) is 4.48. The summed E-state index contributed by atoms with van der Waals surface area (Å²) in [6, 6.07) is 0. The Morgan fingerprint density at radius 2 is 2.04 bits per heavy atom. The summed E-state index contributed by atoms with van der Waals surface area (Å²) in [5, 5.41) is -0.00837. The van der Waals surface area contributed by atoms with Crippen molar-refractivity contribution in [3.63, 3.8) is 0 Å². The van der Waals surface area contributed by atoms with E-state index in [9.17, 15) is 14.4 Å². The van der Waals surface area contributed by atoms with Crippen LogP contribution in [0.4, 0.5) is 0 Å². The van der Waals surface area contributed by atoms with Crippen molar-refractivity contribution in [3.8, 4) is 0 Å². The number of allylic oxidation sites excluding steroid dienone is 2. The highest BCUT2D eigenvalue weighted by atomic mass is 35.5. The quantitative estimate of drug-likeness (QED) is 0.664. The molecule has 152 valence electrons. The van der Waals surface area contributed by atoms with Gasteiger partial charge < -0.3 is 9.64 Å². The second kappa shape index (κ2) is 8.32. The van der Waals surface area contributed by atoms with Crippen molar-refractivity contribution < 1.29 is 9.53 Å². The monoisotopic (exact) mass is 409 g/mol. The van der Waals surface area contributed by atoms with Gasteiger partial charge in [-0.25, -0.2) is 4.79 Å². The lowest BCUT2D eigenvalue weighted by molar-refractivity contribution is -0.130. The predicted octanol–water partition coefficient (Wildman–Crippen LogP) is 1.02. The van der Waals surface area contributed by atoms with Gasteiger partial charge in [0.15, 0.2) is 11.2 Å². The number of imidazole rings is 1. The van der Waals surface area contributed by atoms with Crippen molar-refractivity contribution in [1.82, 2.24) is 23.6 Å². The largest absolute Gasteiger partial charge is 0.383 e. The van der Waals surface area contributed by atoms with Gasteiger partial charge in [0.1, 0.15) is 6.54 Å². The Morgan fingerprint density at radius 1 is 1.29 bits per heavy atom. The topological polar surface area (TPSA) is 91.4 Å². The van der Waals surface area contributed by atoms with Crippen LogP contribution in [-0.4, -0.2) is 49.8 Å². The van der Waals surface area contributed by atoms with Gasteiger partial charge in [-0.15, -0.1) is 0 Å². The molecule has 1 amide bonds. The fraction of sp³-hybridized carbons (Fsp3) is 0.556. The molecular formula is C18H24ClN5O4. The van der Waals surface area contributed by atoms with E-state index in [0.717, 1.165) is 35.9 Å². The first-order chi connectivity index (χ1) is 13.4. The molecule has 10 heteroatoms. The predicted molar refractivity (Wildman–Crippen MR) is 105 cm³/mol. The number of fused-ring (bicyclic) bond motifs is 1. The lowest BCUT2D eigenvalue weighted by Crippen LogP contribution is -2.39. The zero-order chi connectivity index (χ0) is 20.4. The van der Waals surface area contributed by atoms with Crippen LogP contribution in [0.3, 0.4) is 0 Å². The number of ether oxygens (including phenoxy) is 1. The Labute approximate surface area is 166 Å². The number of aryl methyl sites for hydroxylation is 1. The lowest BCUT2D eigenvalue weighted by Gasteiger charge is -2.28.